The first-order valence-electron chi connectivity index (χ1n) is 5.82. The van der Waals surface area contributed by atoms with Crippen molar-refractivity contribution in [1.82, 2.24) is 5.32 Å². The topological polar surface area (TPSA) is 21.3 Å². The highest BCUT2D eigenvalue weighted by Crippen LogP contribution is 2.41. The third-order valence-electron chi connectivity index (χ3n) is 2.94. The molecule has 88 valence electrons. The molecule has 0 spiro atoms. The molecule has 2 nitrogen and oxygen atoms in total. The second kappa shape index (κ2) is 5.11. The molecule has 0 saturated heterocycles. The number of rotatable bonds is 3. The van der Waals surface area contributed by atoms with Gasteiger partial charge in [-0.1, -0.05) is 13.8 Å². The molecule has 0 saturated carbocycles. The fourth-order valence-corrected chi connectivity index (χ4v) is 3.40. The molecule has 1 aliphatic heterocycles. The highest BCUT2D eigenvalue weighted by atomic mass is 32.2. The highest BCUT2D eigenvalue weighted by Gasteiger charge is 2.24. The Morgan fingerprint density at radius 1 is 1.50 bits per heavy atom. The summed E-state index contributed by atoms with van der Waals surface area (Å²) in [7, 11) is 1.72. The Morgan fingerprint density at radius 2 is 2.31 bits per heavy atom. The van der Waals surface area contributed by atoms with Crippen molar-refractivity contribution in [2.24, 2.45) is 0 Å². The minimum atomic E-state index is 0.478. The predicted molar refractivity (Wildman–Crippen MR) is 69.3 cm³/mol. The second-order valence-electron chi connectivity index (χ2n) is 4.18. The van der Waals surface area contributed by atoms with Gasteiger partial charge in [0.25, 0.3) is 0 Å². The van der Waals surface area contributed by atoms with Gasteiger partial charge in [0.2, 0.25) is 0 Å². The van der Waals surface area contributed by atoms with Crippen LogP contribution in [-0.4, -0.2) is 18.9 Å². The van der Waals surface area contributed by atoms with Gasteiger partial charge < -0.3 is 10.1 Å². The summed E-state index contributed by atoms with van der Waals surface area (Å²) in [5.41, 5.74) is 1.39. The minimum Gasteiger partial charge on any atom is -0.497 e. The van der Waals surface area contributed by atoms with Crippen LogP contribution in [0.1, 0.15) is 31.9 Å². The number of nitrogens with one attached hydrogen (secondary N) is 1. The van der Waals surface area contributed by atoms with E-state index in [-0.39, 0.29) is 0 Å². The van der Waals surface area contributed by atoms with E-state index in [1.165, 1.54) is 16.9 Å². The largest absolute Gasteiger partial charge is 0.497 e. The number of methoxy groups -OCH3 is 1. The van der Waals surface area contributed by atoms with Gasteiger partial charge in [-0.15, -0.1) is 11.8 Å². The van der Waals surface area contributed by atoms with Crippen molar-refractivity contribution in [3.63, 3.8) is 0 Å². The smallest absolute Gasteiger partial charge is 0.119 e. The van der Waals surface area contributed by atoms with Crippen LogP contribution in [0.4, 0.5) is 0 Å². The molecule has 1 aliphatic rings. The number of hydrogen-bond acceptors (Lipinski definition) is 3. The Hall–Kier alpha value is -0.670. The Bertz CT molecular complexity index is 367. The monoisotopic (exact) mass is 237 g/mol. The summed E-state index contributed by atoms with van der Waals surface area (Å²) in [5.74, 6) is 0.955. The molecule has 2 atom stereocenters. The van der Waals surface area contributed by atoms with Crippen molar-refractivity contribution in [2.45, 2.75) is 36.5 Å². The van der Waals surface area contributed by atoms with E-state index in [0.717, 1.165) is 12.3 Å². The SMILES string of the molecule is CCNC1CC(C)Sc2ccc(OC)cc21. The molecule has 16 heavy (non-hydrogen) atoms. The average molecular weight is 237 g/mol. The molecule has 0 bridgehead atoms. The second-order valence-corrected chi connectivity index (χ2v) is 5.66. The normalized spacial score (nSPS) is 23.9. The van der Waals surface area contributed by atoms with E-state index in [4.69, 9.17) is 4.74 Å². The Labute approximate surface area is 102 Å². The highest BCUT2D eigenvalue weighted by molar-refractivity contribution is 8.00. The summed E-state index contributed by atoms with van der Waals surface area (Å²) in [6.07, 6.45) is 1.19. The van der Waals surface area contributed by atoms with Gasteiger partial charge in [0.1, 0.15) is 5.75 Å². The summed E-state index contributed by atoms with van der Waals surface area (Å²) >= 11 is 1.97. The first-order valence-corrected chi connectivity index (χ1v) is 6.70. The maximum atomic E-state index is 5.30. The van der Waals surface area contributed by atoms with Gasteiger partial charge in [-0.05, 0) is 36.7 Å². The van der Waals surface area contributed by atoms with Crippen molar-refractivity contribution in [3.8, 4) is 5.75 Å². The lowest BCUT2D eigenvalue weighted by Gasteiger charge is -2.30. The first kappa shape index (κ1) is 11.8. The predicted octanol–water partition coefficient (Wildman–Crippen LogP) is 3.23. The Morgan fingerprint density at radius 3 is 3.00 bits per heavy atom. The molecule has 0 aliphatic carbocycles. The van der Waals surface area contributed by atoms with Crippen LogP contribution in [0.25, 0.3) is 0 Å². The van der Waals surface area contributed by atoms with Gasteiger partial charge in [0, 0.05) is 16.2 Å². The molecule has 2 unspecified atom stereocenters. The summed E-state index contributed by atoms with van der Waals surface area (Å²) in [5, 5.41) is 4.24. The molecule has 1 aromatic rings. The van der Waals surface area contributed by atoms with Gasteiger partial charge in [-0.25, -0.2) is 0 Å². The van der Waals surface area contributed by atoms with Crippen LogP contribution in [0.15, 0.2) is 23.1 Å². The molecular weight excluding hydrogens is 218 g/mol. The van der Waals surface area contributed by atoms with Crippen LogP contribution in [0.3, 0.4) is 0 Å². The van der Waals surface area contributed by atoms with E-state index in [0.29, 0.717) is 11.3 Å². The standard InChI is InChI=1S/C13H19NOS/c1-4-14-12-7-9(2)16-13-6-5-10(15-3)8-11(12)13/h5-6,8-9,12,14H,4,7H2,1-3H3. The zero-order chi connectivity index (χ0) is 11.5. The zero-order valence-corrected chi connectivity index (χ0v) is 10.9. The van der Waals surface area contributed by atoms with Gasteiger partial charge in [-0.3, -0.25) is 0 Å². The molecule has 1 heterocycles. The Kier molecular flexibility index (Phi) is 3.77. The molecule has 0 fully saturated rings. The zero-order valence-electron chi connectivity index (χ0n) is 10.1. The number of fused-ring (bicyclic) bond motifs is 1. The van der Waals surface area contributed by atoms with Crippen LogP contribution in [-0.2, 0) is 0 Å². The maximum absolute atomic E-state index is 5.30. The van der Waals surface area contributed by atoms with E-state index in [2.05, 4.69) is 31.3 Å². The van der Waals surface area contributed by atoms with Crippen molar-refractivity contribution >= 4 is 11.8 Å². The quantitative estimate of drug-likeness (QED) is 0.872. The van der Waals surface area contributed by atoms with Crippen LogP contribution < -0.4 is 10.1 Å². The molecule has 2 rings (SSSR count). The third-order valence-corrected chi connectivity index (χ3v) is 4.16. The van der Waals surface area contributed by atoms with E-state index in [9.17, 15) is 0 Å². The number of benzene rings is 1. The van der Waals surface area contributed by atoms with E-state index in [1.54, 1.807) is 7.11 Å². The average Bonchev–Trinajstić information content (AvgIpc) is 2.29. The molecule has 1 aromatic carbocycles. The summed E-state index contributed by atoms with van der Waals surface area (Å²) in [6.45, 7) is 5.47. The summed E-state index contributed by atoms with van der Waals surface area (Å²) < 4.78 is 5.30. The van der Waals surface area contributed by atoms with Crippen LogP contribution in [0.5, 0.6) is 5.75 Å². The minimum absolute atomic E-state index is 0.478. The van der Waals surface area contributed by atoms with Crippen molar-refractivity contribution in [1.29, 1.82) is 0 Å². The van der Waals surface area contributed by atoms with E-state index < -0.39 is 0 Å². The van der Waals surface area contributed by atoms with Gasteiger partial charge in [-0.2, -0.15) is 0 Å². The van der Waals surface area contributed by atoms with E-state index >= 15 is 0 Å². The van der Waals surface area contributed by atoms with Crippen LogP contribution in [0, 0.1) is 0 Å². The fraction of sp³-hybridized carbons (Fsp3) is 0.538. The lowest BCUT2D eigenvalue weighted by molar-refractivity contribution is 0.411. The van der Waals surface area contributed by atoms with Gasteiger partial charge >= 0.3 is 0 Å². The van der Waals surface area contributed by atoms with Gasteiger partial charge in [0.05, 0.1) is 7.11 Å². The van der Waals surface area contributed by atoms with Gasteiger partial charge in [0.15, 0.2) is 0 Å². The van der Waals surface area contributed by atoms with E-state index in [1.807, 2.05) is 17.8 Å². The molecule has 0 amide bonds. The molecular formula is C13H19NOS. The fourth-order valence-electron chi connectivity index (χ4n) is 2.20. The first-order chi connectivity index (χ1) is 7.74. The lowest BCUT2D eigenvalue weighted by Crippen LogP contribution is -2.26. The number of hydrogen-bond donors (Lipinski definition) is 1. The molecule has 3 heteroatoms. The van der Waals surface area contributed by atoms with Crippen LogP contribution in [0.2, 0.25) is 0 Å². The van der Waals surface area contributed by atoms with Crippen LogP contribution >= 0.6 is 11.8 Å². The number of thioether (sulfide) groups is 1. The lowest BCUT2D eigenvalue weighted by atomic mass is 10.0. The summed E-state index contributed by atoms with van der Waals surface area (Å²) in [6, 6.07) is 6.87. The number of ether oxygens (including phenoxy) is 1. The van der Waals surface area contributed by atoms with Crippen molar-refractivity contribution in [3.05, 3.63) is 23.8 Å². The summed E-state index contributed by atoms with van der Waals surface area (Å²) in [4.78, 5) is 1.39. The Balaban J connectivity index is 2.33. The third kappa shape index (κ3) is 2.36. The maximum Gasteiger partial charge on any atom is 0.119 e. The van der Waals surface area contributed by atoms with Crippen molar-refractivity contribution < 1.29 is 4.74 Å². The molecule has 0 radical (unpaired) electrons. The molecule has 0 aromatic heterocycles. The molecule has 1 N–H and O–H groups in total. The van der Waals surface area contributed by atoms with Crippen molar-refractivity contribution in [2.75, 3.05) is 13.7 Å².